The van der Waals surface area contributed by atoms with Gasteiger partial charge >= 0.3 is 0 Å². The molecule has 0 aliphatic carbocycles. The van der Waals surface area contributed by atoms with Crippen LogP contribution in [-0.4, -0.2) is 22.5 Å². The van der Waals surface area contributed by atoms with Crippen molar-refractivity contribution in [2.45, 2.75) is 37.8 Å². The highest BCUT2D eigenvalue weighted by Gasteiger charge is 2.21. The molecule has 1 fully saturated rings. The molecule has 2 heterocycles. The van der Waals surface area contributed by atoms with Crippen molar-refractivity contribution in [2.75, 3.05) is 6.61 Å². The number of ether oxygens (including phenoxy) is 1. The fraction of sp³-hybridized carbons (Fsp3) is 0.727. The SMILES string of the molecule is Cn1nccc1C(CC1CCCCO1)NN. The molecule has 5 nitrogen and oxygen atoms in total. The van der Waals surface area contributed by atoms with Gasteiger partial charge in [0.05, 0.1) is 17.8 Å². The minimum absolute atomic E-state index is 0.121. The van der Waals surface area contributed by atoms with Crippen LogP contribution in [0.2, 0.25) is 0 Å². The summed E-state index contributed by atoms with van der Waals surface area (Å²) in [5.74, 6) is 5.60. The Kier molecular flexibility index (Phi) is 3.93. The Balaban J connectivity index is 1.97. The van der Waals surface area contributed by atoms with E-state index in [-0.39, 0.29) is 6.04 Å². The molecule has 1 saturated heterocycles. The summed E-state index contributed by atoms with van der Waals surface area (Å²) in [6, 6.07) is 2.11. The van der Waals surface area contributed by atoms with Crippen molar-refractivity contribution in [1.82, 2.24) is 15.2 Å². The predicted molar refractivity (Wildman–Crippen MR) is 61.5 cm³/mol. The smallest absolute Gasteiger partial charge is 0.0653 e. The highest BCUT2D eigenvalue weighted by Crippen LogP contribution is 2.23. The van der Waals surface area contributed by atoms with Crippen molar-refractivity contribution < 1.29 is 4.74 Å². The first-order valence-corrected chi connectivity index (χ1v) is 5.87. The molecular formula is C11H20N4O. The summed E-state index contributed by atoms with van der Waals surface area (Å²) in [5.41, 5.74) is 3.96. The lowest BCUT2D eigenvalue weighted by molar-refractivity contribution is 0.00456. The summed E-state index contributed by atoms with van der Waals surface area (Å²) in [6.07, 6.45) is 6.61. The zero-order valence-corrected chi connectivity index (χ0v) is 9.72. The van der Waals surface area contributed by atoms with E-state index in [1.165, 1.54) is 12.8 Å². The summed E-state index contributed by atoms with van der Waals surface area (Å²) in [6.45, 7) is 0.882. The van der Waals surface area contributed by atoms with E-state index < -0.39 is 0 Å². The van der Waals surface area contributed by atoms with Crippen molar-refractivity contribution >= 4 is 0 Å². The number of nitrogens with zero attached hydrogens (tertiary/aromatic N) is 2. The summed E-state index contributed by atoms with van der Waals surface area (Å²) < 4.78 is 7.58. The van der Waals surface area contributed by atoms with E-state index in [0.29, 0.717) is 6.10 Å². The molecule has 1 aliphatic heterocycles. The summed E-state index contributed by atoms with van der Waals surface area (Å²) >= 11 is 0. The molecule has 2 atom stereocenters. The van der Waals surface area contributed by atoms with Gasteiger partial charge in [-0.25, -0.2) is 0 Å². The first-order chi connectivity index (χ1) is 7.81. The number of hydrogen-bond donors (Lipinski definition) is 2. The Morgan fingerprint density at radius 1 is 1.69 bits per heavy atom. The fourth-order valence-corrected chi connectivity index (χ4v) is 2.26. The van der Waals surface area contributed by atoms with Gasteiger partial charge in [-0.1, -0.05) is 0 Å². The van der Waals surface area contributed by atoms with Crippen LogP contribution in [0.4, 0.5) is 0 Å². The molecule has 0 aromatic carbocycles. The summed E-state index contributed by atoms with van der Waals surface area (Å²) in [7, 11) is 1.93. The lowest BCUT2D eigenvalue weighted by atomic mass is 10.0. The number of hydrogen-bond acceptors (Lipinski definition) is 4. The van der Waals surface area contributed by atoms with Crippen LogP contribution >= 0.6 is 0 Å². The third-order valence-electron chi connectivity index (χ3n) is 3.19. The average molecular weight is 224 g/mol. The van der Waals surface area contributed by atoms with Gasteiger partial charge in [0, 0.05) is 19.9 Å². The largest absolute Gasteiger partial charge is 0.378 e. The molecule has 0 saturated carbocycles. The summed E-state index contributed by atoms with van der Waals surface area (Å²) in [5, 5.41) is 4.16. The van der Waals surface area contributed by atoms with Crippen LogP contribution in [0.3, 0.4) is 0 Å². The van der Waals surface area contributed by atoms with E-state index in [0.717, 1.165) is 25.1 Å². The van der Waals surface area contributed by atoms with Crippen LogP contribution in [0.25, 0.3) is 0 Å². The van der Waals surface area contributed by atoms with E-state index >= 15 is 0 Å². The van der Waals surface area contributed by atoms with E-state index in [2.05, 4.69) is 10.5 Å². The molecule has 0 bridgehead atoms. The van der Waals surface area contributed by atoms with Gasteiger partial charge in [0.15, 0.2) is 0 Å². The number of aromatic nitrogens is 2. The molecule has 2 unspecified atom stereocenters. The maximum atomic E-state index is 5.72. The highest BCUT2D eigenvalue weighted by atomic mass is 16.5. The third-order valence-corrected chi connectivity index (χ3v) is 3.19. The Morgan fingerprint density at radius 2 is 2.56 bits per heavy atom. The molecule has 90 valence electrons. The zero-order chi connectivity index (χ0) is 11.4. The van der Waals surface area contributed by atoms with Crippen molar-refractivity contribution in [3.63, 3.8) is 0 Å². The van der Waals surface area contributed by atoms with Crippen LogP contribution in [0.15, 0.2) is 12.3 Å². The standard InChI is InChI=1S/C11H20N4O/c1-15-11(5-6-13-15)10(14-12)8-9-4-2-3-7-16-9/h5-6,9-10,14H,2-4,7-8,12H2,1H3. The molecule has 5 heteroatoms. The molecule has 2 rings (SSSR count). The van der Waals surface area contributed by atoms with Gasteiger partial charge in [-0.05, 0) is 31.7 Å². The minimum atomic E-state index is 0.121. The number of nitrogens with one attached hydrogen (secondary N) is 1. The normalized spacial score (nSPS) is 23.2. The van der Waals surface area contributed by atoms with E-state index in [4.69, 9.17) is 10.6 Å². The lowest BCUT2D eigenvalue weighted by Crippen LogP contribution is -2.34. The second-order valence-electron chi connectivity index (χ2n) is 4.32. The fourth-order valence-electron chi connectivity index (χ4n) is 2.26. The van der Waals surface area contributed by atoms with Gasteiger partial charge in [0.25, 0.3) is 0 Å². The molecule has 0 amide bonds. The van der Waals surface area contributed by atoms with Crippen LogP contribution < -0.4 is 11.3 Å². The van der Waals surface area contributed by atoms with Gasteiger partial charge in [-0.15, -0.1) is 0 Å². The molecule has 0 radical (unpaired) electrons. The highest BCUT2D eigenvalue weighted by molar-refractivity contribution is 5.06. The lowest BCUT2D eigenvalue weighted by Gasteiger charge is -2.26. The van der Waals surface area contributed by atoms with E-state index in [9.17, 15) is 0 Å². The molecule has 3 N–H and O–H groups in total. The predicted octanol–water partition coefficient (Wildman–Crippen LogP) is 0.884. The van der Waals surface area contributed by atoms with Crippen LogP contribution in [0.1, 0.15) is 37.4 Å². The number of rotatable bonds is 4. The van der Waals surface area contributed by atoms with Crippen LogP contribution in [-0.2, 0) is 11.8 Å². The number of hydrazine groups is 1. The Labute approximate surface area is 95.9 Å². The molecule has 1 aromatic rings. The second-order valence-corrected chi connectivity index (χ2v) is 4.32. The molecular weight excluding hydrogens is 204 g/mol. The first kappa shape index (κ1) is 11.6. The summed E-state index contributed by atoms with van der Waals surface area (Å²) in [4.78, 5) is 0. The van der Waals surface area contributed by atoms with Crippen LogP contribution in [0.5, 0.6) is 0 Å². The van der Waals surface area contributed by atoms with Gasteiger partial charge in [0.1, 0.15) is 0 Å². The Hall–Kier alpha value is -0.910. The third kappa shape index (κ3) is 2.61. The van der Waals surface area contributed by atoms with Crippen molar-refractivity contribution in [3.05, 3.63) is 18.0 Å². The van der Waals surface area contributed by atoms with E-state index in [1.807, 2.05) is 17.8 Å². The molecule has 1 aromatic heterocycles. The number of nitrogens with two attached hydrogens (primary N) is 1. The first-order valence-electron chi connectivity index (χ1n) is 5.87. The average Bonchev–Trinajstić information content (AvgIpc) is 2.74. The Bertz CT molecular complexity index is 320. The monoisotopic (exact) mass is 224 g/mol. The maximum absolute atomic E-state index is 5.72. The van der Waals surface area contributed by atoms with Crippen molar-refractivity contribution in [2.24, 2.45) is 12.9 Å². The quantitative estimate of drug-likeness (QED) is 0.588. The van der Waals surface area contributed by atoms with Crippen molar-refractivity contribution in [3.8, 4) is 0 Å². The number of aryl methyl sites for hydroxylation is 1. The van der Waals surface area contributed by atoms with Gasteiger partial charge in [0.2, 0.25) is 0 Å². The van der Waals surface area contributed by atoms with Gasteiger partial charge < -0.3 is 4.74 Å². The zero-order valence-electron chi connectivity index (χ0n) is 9.72. The minimum Gasteiger partial charge on any atom is -0.378 e. The maximum Gasteiger partial charge on any atom is 0.0653 e. The topological polar surface area (TPSA) is 65.1 Å². The van der Waals surface area contributed by atoms with E-state index in [1.54, 1.807) is 6.20 Å². The second kappa shape index (κ2) is 5.43. The molecule has 16 heavy (non-hydrogen) atoms. The van der Waals surface area contributed by atoms with Gasteiger partial charge in [-0.3, -0.25) is 16.0 Å². The van der Waals surface area contributed by atoms with Gasteiger partial charge in [-0.2, -0.15) is 5.10 Å². The molecule has 0 spiro atoms. The van der Waals surface area contributed by atoms with Crippen LogP contribution in [0, 0.1) is 0 Å². The van der Waals surface area contributed by atoms with Crippen molar-refractivity contribution in [1.29, 1.82) is 0 Å². The molecule has 1 aliphatic rings. The Morgan fingerprint density at radius 3 is 3.12 bits per heavy atom.